The van der Waals surface area contributed by atoms with Gasteiger partial charge in [0.15, 0.2) is 0 Å². The van der Waals surface area contributed by atoms with Crippen LogP contribution in [0.2, 0.25) is 0 Å². The Kier molecular flexibility index (Phi) is 12.5. The fraction of sp³-hybridized carbons (Fsp3) is 0.938. The first-order chi connectivity index (χ1) is 8.76. The Morgan fingerprint density at radius 1 is 0.833 bits per heavy atom. The minimum absolute atomic E-state index is 0.0345. The first-order valence-electron chi connectivity index (χ1n) is 7.92. The summed E-state index contributed by atoms with van der Waals surface area (Å²) in [4.78, 5) is 11.8. The van der Waals surface area contributed by atoms with Crippen molar-refractivity contribution in [3.63, 3.8) is 0 Å². The van der Waals surface area contributed by atoms with E-state index in [9.17, 15) is 4.79 Å². The van der Waals surface area contributed by atoms with Gasteiger partial charge in [-0.05, 0) is 19.3 Å². The predicted octanol–water partition coefficient (Wildman–Crippen LogP) is 5.11. The summed E-state index contributed by atoms with van der Waals surface area (Å²) in [5.41, 5.74) is 0. The van der Waals surface area contributed by atoms with Crippen molar-refractivity contribution in [2.75, 3.05) is 6.61 Å². The van der Waals surface area contributed by atoms with Crippen molar-refractivity contribution < 1.29 is 9.53 Å². The van der Waals surface area contributed by atoms with Crippen LogP contribution in [0.5, 0.6) is 0 Å². The average Bonchev–Trinajstić information content (AvgIpc) is 2.38. The normalized spacial score (nSPS) is 12.4. The quantitative estimate of drug-likeness (QED) is 0.358. The molecule has 1 atom stereocenters. The minimum atomic E-state index is 0.0345. The largest absolute Gasteiger partial charge is 0.465 e. The Balaban J connectivity index is 3.71. The molecule has 0 bridgehead atoms. The van der Waals surface area contributed by atoms with Gasteiger partial charge in [0.25, 0.3) is 0 Å². The van der Waals surface area contributed by atoms with E-state index in [1.165, 1.54) is 38.5 Å². The molecule has 108 valence electrons. The number of carbonyl (C=O) groups is 1. The Morgan fingerprint density at radius 3 is 2.11 bits per heavy atom. The molecule has 0 amide bonds. The van der Waals surface area contributed by atoms with Gasteiger partial charge in [-0.2, -0.15) is 0 Å². The Bertz CT molecular complexity index is 190. The lowest BCUT2D eigenvalue weighted by atomic mass is 9.96. The maximum atomic E-state index is 11.8. The molecule has 1 unspecified atom stereocenters. The van der Waals surface area contributed by atoms with Crippen LogP contribution >= 0.6 is 0 Å². The lowest BCUT2D eigenvalue weighted by Crippen LogP contribution is -2.18. The monoisotopic (exact) mass is 256 g/mol. The van der Waals surface area contributed by atoms with Crippen LogP contribution in [-0.2, 0) is 9.53 Å². The third kappa shape index (κ3) is 9.49. The highest BCUT2D eigenvalue weighted by atomic mass is 16.5. The molecule has 18 heavy (non-hydrogen) atoms. The number of ether oxygens (including phenoxy) is 1. The van der Waals surface area contributed by atoms with E-state index in [2.05, 4.69) is 13.8 Å². The van der Waals surface area contributed by atoms with Crippen LogP contribution in [0, 0.1) is 5.92 Å². The summed E-state index contributed by atoms with van der Waals surface area (Å²) in [6.45, 7) is 6.99. The van der Waals surface area contributed by atoms with Crippen LogP contribution in [0.25, 0.3) is 0 Å². The molecule has 0 spiro atoms. The van der Waals surface area contributed by atoms with E-state index in [-0.39, 0.29) is 11.9 Å². The lowest BCUT2D eigenvalue weighted by Gasteiger charge is -2.14. The van der Waals surface area contributed by atoms with Crippen LogP contribution in [0.3, 0.4) is 0 Å². The van der Waals surface area contributed by atoms with E-state index < -0.39 is 0 Å². The highest BCUT2D eigenvalue weighted by Crippen LogP contribution is 2.18. The molecule has 0 rings (SSSR count). The summed E-state index contributed by atoms with van der Waals surface area (Å²) in [7, 11) is 0. The first-order valence-corrected chi connectivity index (χ1v) is 7.92. The molecule has 0 fully saturated rings. The molecule has 0 aliphatic rings. The summed E-state index contributed by atoms with van der Waals surface area (Å²) >= 11 is 0. The molecule has 0 aliphatic heterocycles. The van der Waals surface area contributed by atoms with Crippen LogP contribution < -0.4 is 0 Å². The third-order valence-corrected chi connectivity index (χ3v) is 3.33. The van der Waals surface area contributed by atoms with Crippen molar-refractivity contribution in [2.24, 2.45) is 5.92 Å². The molecule has 0 aliphatic carbocycles. The highest BCUT2D eigenvalue weighted by Gasteiger charge is 2.18. The Hall–Kier alpha value is -0.530. The molecule has 2 heteroatoms. The van der Waals surface area contributed by atoms with E-state index in [4.69, 9.17) is 4.74 Å². The van der Waals surface area contributed by atoms with Gasteiger partial charge in [-0.25, -0.2) is 0 Å². The van der Waals surface area contributed by atoms with Crippen LogP contribution in [-0.4, -0.2) is 12.6 Å². The van der Waals surface area contributed by atoms with Crippen LogP contribution in [0.4, 0.5) is 0 Å². The molecule has 2 nitrogen and oxygen atoms in total. The molecular formula is C16H32O2. The van der Waals surface area contributed by atoms with Gasteiger partial charge in [0.1, 0.15) is 0 Å². The van der Waals surface area contributed by atoms with Crippen molar-refractivity contribution in [3.8, 4) is 0 Å². The van der Waals surface area contributed by atoms with Gasteiger partial charge >= 0.3 is 5.97 Å². The van der Waals surface area contributed by atoms with Crippen molar-refractivity contribution >= 4 is 5.97 Å². The topological polar surface area (TPSA) is 26.3 Å². The maximum absolute atomic E-state index is 11.8. The molecule has 0 aromatic carbocycles. The molecule has 0 aromatic rings. The summed E-state index contributed by atoms with van der Waals surface area (Å²) < 4.78 is 5.26. The second-order valence-corrected chi connectivity index (χ2v) is 5.21. The summed E-state index contributed by atoms with van der Waals surface area (Å²) in [6.07, 6.45) is 11.7. The lowest BCUT2D eigenvalue weighted by molar-refractivity contribution is -0.149. The predicted molar refractivity (Wildman–Crippen MR) is 77.6 cm³/mol. The van der Waals surface area contributed by atoms with Crippen LogP contribution in [0.15, 0.2) is 0 Å². The molecule has 0 radical (unpaired) electrons. The van der Waals surface area contributed by atoms with E-state index in [0.717, 1.165) is 25.7 Å². The van der Waals surface area contributed by atoms with E-state index in [1.807, 2.05) is 6.92 Å². The molecule has 0 heterocycles. The highest BCUT2D eigenvalue weighted by molar-refractivity contribution is 5.72. The standard InChI is InChI=1S/C16H32O2/c1-4-7-8-9-10-11-13-15(12-5-2)16(17)18-14-6-3/h15H,4-14H2,1-3H3. The van der Waals surface area contributed by atoms with Gasteiger partial charge in [-0.1, -0.05) is 65.7 Å². The van der Waals surface area contributed by atoms with Crippen molar-refractivity contribution in [1.29, 1.82) is 0 Å². The molecule has 0 aromatic heterocycles. The van der Waals surface area contributed by atoms with Crippen molar-refractivity contribution in [1.82, 2.24) is 0 Å². The second-order valence-electron chi connectivity index (χ2n) is 5.21. The average molecular weight is 256 g/mol. The number of rotatable bonds is 12. The van der Waals surface area contributed by atoms with Gasteiger partial charge in [-0.15, -0.1) is 0 Å². The SMILES string of the molecule is CCCCCCCCC(CCC)C(=O)OCCC. The zero-order valence-corrected chi connectivity index (χ0v) is 12.7. The third-order valence-electron chi connectivity index (χ3n) is 3.33. The molecular weight excluding hydrogens is 224 g/mol. The van der Waals surface area contributed by atoms with Gasteiger partial charge in [0.2, 0.25) is 0 Å². The fourth-order valence-electron chi connectivity index (χ4n) is 2.22. The second kappa shape index (κ2) is 12.9. The molecule has 0 saturated heterocycles. The summed E-state index contributed by atoms with van der Waals surface area (Å²) in [5.74, 6) is 0.181. The zero-order chi connectivity index (χ0) is 13.6. The summed E-state index contributed by atoms with van der Waals surface area (Å²) in [6, 6.07) is 0. The number of hydrogen-bond acceptors (Lipinski definition) is 2. The van der Waals surface area contributed by atoms with Crippen molar-refractivity contribution in [3.05, 3.63) is 0 Å². The van der Waals surface area contributed by atoms with E-state index in [0.29, 0.717) is 6.61 Å². The molecule has 0 N–H and O–H groups in total. The maximum Gasteiger partial charge on any atom is 0.308 e. The van der Waals surface area contributed by atoms with Crippen molar-refractivity contribution in [2.45, 2.75) is 85.0 Å². The number of hydrogen-bond donors (Lipinski definition) is 0. The van der Waals surface area contributed by atoms with Gasteiger partial charge in [0.05, 0.1) is 12.5 Å². The van der Waals surface area contributed by atoms with Gasteiger partial charge in [0, 0.05) is 0 Å². The van der Waals surface area contributed by atoms with Gasteiger partial charge in [-0.3, -0.25) is 4.79 Å². The Morgan fingerprint density at radius 2 is 1.50 bits per heavy atom. The van der Waals surface area contributed by atoms with Crippen LogP contribution in [0.1, 0.15) is 85.0 Å². The first kappa shape index (κ1) is 17.5. The fourth-order valence-corrected chi connectivity index (χ4v) is 2.22. The number of unbranched alkanes of at least 4 members (excludes halogenated alkanes) is 5. The van der Waals surface area contributed by atoms with Gasteiger partial charge < -0.3 is 4.74 Å². The van der Waals surface area contributed by atoms with E-state index >= 15 is 0 Å². The number of esters is 1. The number of carbonyl (C=O) groups excluding carboxylic acids is 1. The van der Waals surface area contributed by atoms with E-state index in [1.54, 1.807) is 0 Å². The Labute approximate surface area is 113 Å². The summed E-state index contributed by atoms with van der Waals surface area (Å²) in [5, 5.41) is 0. The zero-order valence-electron chi connectivity index (χ0n) is 12.7. The molecule has 0 saturated carbocycles. The smallest absolute Gasteiger partial charge is 0.308 e. The minimum Gasteiger partial charge on any atom is -0.465 e.